The molecule has 1 aromatic heterocycles. The van der Waals surface area contributed by atoms with Gasteiger partial charge in [0, 0.05) is 34.9 Å². The molecular formula is C27H28N6O3. The van der Waals surface area contributed by atoms with E-state index in [0.717, 1.165) is 11.4 Å². The molecule has 4 rings (SSSR count). The third-order valence-corrected chi connectivity index (χ3v) is 5.22. The topological polar surface area (TPSA) is 109 Å². The van der Waals surface area contributed by atoms with Gasteiger partial charge in [-0.1, -0.05) is 17.7 Å². The van der Waals surface area contributed by atoms with Gasteiger partial charge in [-0.2, -0.15) is 0 Å². The standard InChI is InChI=1S/C27H28N6O3/c1-17-5-7-19(8-6-17)30-25-16-26(29-18(2)28-25)31-20-9-11-21(12-10-20)32-27(34)33-22-13-14-23(35-3)24(15-22)36-4/h5-16H,1-4H3,(H2,32,33,34)(H2,28,29,30,31). The first kappa shape index (κ1) is 24.3. The van der Waals surface area contributed by atoms with Crippen LogP contribution in [0.1, 0.15) is 11.4 Å². The first-order valence-electron chi connectivity index (χ1n) is 11.3. The summed E-state index contributed by atoms with van der Waals surface area (Å²) in [4.78, 5) is 21.4. The SMILES string of the molecule is COc1ccc(NC(=O)Nc2ccc(Nc3cc(Nc4ccc(C)cc4)nc(C)n3)cc2)cc1OC. The Morgan fingerprint density at radius 2 is 1.14 bits per heavy atom. The molecule has 4 aromatic rings. The van der Waals surface area contributed by atoms with Gasteiger partial charge in [0.2, 0.25) is 0 Å². The van der Waals surface area contributed by atoms with E-state index in [1.165, 1.54) is 5.56 Å². The van der Waals surface area contributed by atoms with Crippen LogP contribution in [0.5, 0.6) is 11.5 Å². The number of rotatable bonds is 8. The van der Waals surface area contributed by atoms with Crippen molar-refractivity contribution in [3.8, 4) is 11.5 Å². The molecule has 0 fully saturated rings. The number of nitrogens with one attached hydrogen (secondary N) is 4. The van der Waals surface area contributed by atoms with Gasteiger partial charge in [-0.25, -0.2) is 14.8 Å². The van der Waals surface area contributed by atoms with Gasteiger partial charge in [0.05, 0.1) is 14.2 Å². The lowest BCUT2D eigenvalue weighted by Crippen LogP contribution is -2.19. The van der Waals surface area contributed by atoms with E-state index in [1.54, 1.807) is 44.6 Å². The van der Waals surface area contributed by atoms with E-state index in [0.29, 0.717) is 40.3 Å². The molecule has 0 bridgehead atoms. The van der Waals surface area contributed by atoms with Crippen LogP contribution in [0.2, 0.25) is 0 Å². The Labute approximate surface area is 209 Å². The fourth-order valence-corrected chi connectivity index (χ4v) is 3.47. The molecule has 2 amide bonds. The summed E-state index contributed by atoms with van der Waals surface area (Å²) in [6.07, 6.45) is 0. The Kier molecular flexibility index (Phi) is 7.50. The van der Waals surface area contributed by atoms with Crippen molar-refractivity contribution in [1.29, 1.82) is 0 Å². The summed E-state index contributed by atoms with van der Waals surface area (Å²) >= 11 is 0. The third-order valence-electron chi connectivity index (χ3n) is 5.22. The molecule has 3 aromatic carbocycles. The zero-order valence-electron chi connectivity index (χ0n) is 20.5. The minimum atomic E-state index is -0.374. The van der Waals surface area contributed by atoms with Crippen LogP contribution in [-0.2, 0) is 0 Å². The Hall–Kier alpha value is -4.79. The highest BCUT2D eigenvalue weighted by molar-refractivity contribution is 6.00. The van der Waals surface area contributed by atoms with E-state index in [9.17, 15) is 4.79 Å². The normalized spacial score (nSPS) is 10.3. The fourth-order valence-electron chi connectivity index (χ4n) is 3.47. The molecule has 0 saturated carbocycles. The highest BCUT2D eigenvalue weighted by atomic mass is 16.5. The zero-order chi connectivity index (χ0) is 25.5. The number of anilines is 6. The number of methoxy groups -OCH3 is 2. The number of aryl methyl sites for hydroxylation is 2. The van der Waals surface area contributed by atoms with Crippen LogP contribution in [0.3, 0.4) is 0 Å². The lowest BCUT2D eigenvalue weighted by atomic mass is 10.2. The van der Waals surface area contributed by atoms with Crippen LogP contribution < -0.4 is 30.7 Å². The van der Waals surface area contributed by atoms with Crippen molar-refractivity contribution >= 4 is 40.4 Å². The molecule has 0 aliphatic rings. The molecule has 0 aliphatic carbocycles. The van der Waals surface area contributed by atoms with E-state index in [-0.39, 0.29) is 6.03 Å². The number of ether oxygens (including phenoxy) is 2. The number of carbonyl (C=O) groups excluding carboxylic acids is 1. The van der Waals surface area contributed by atoms with Gasteiger partial charge in [0.15, 0.2) is 11.5 Å². The Bertz CT molecular complexity index is 1340. The average Bonchev–Trinajstić information content (AvgIpc) is 2.86. The maximum Gasteiger partial charge on any atom is 0.323 e. The maximum absolute atomic E-state index is 12.4. The molecule has 0 saturated heterocycles. The molecule has 0 atom stereocenters. The predicted octanol–water partition coefficient (Wildman–Crippen LogP) is 6.24. The predicted molar refractivity (Wildman–Crippen MR) is 143 cm³/mol. The second-order valence-electron chi connectivity index (χ2n) is 8.03. The van der Waals surface area contributed by atoms with E-state index in [4.69, 9.17) is 9.47 Å². The van der Waals surface area contributed by atoms with Crippen molar-refractivity contribution in [3.05, 3.63) is 84.2 Å². The van der Waals surface area contributed by atoms with E-state index in [2.05, 4.69) is 31.2 Å². The fraction of sp³-hybridized carbons (Fsp3) is 0.148. The number of nitrogens with zero attached hydrogens (tertiary/aromatic N) is 2. The number of carbonyl (C=O) groups is 1. The highest BCUT2D eigenvalue weighted by Gasteiger charge is 2.08. The summed E-state index contributed by atoms with van der Waals surface area (Å²) in [5, 5.41) is 12.2. The summed E-state index contributed by atoms with van der Waals surface area (Å²) in [5.41, 5.74) is 4.18. The Morgan fingerprint density at radius 1 is 0.639 bits per heavy atom. The molecular weight excluding hydrogens is 456 g/mol. The lowest BCUT2D eigenvalue weighted by molar-refractivity contribution is 0.262. The number of aromatic nitrogens is 2. The number of urea groups is 1. The molecule has 4 N–H and O–H groups in total. The minimum absolute atomic E-state index is 0.374. The summed E-state index contributed by atoms with van der Waals surface area (Å²) in [7, 11) is 3.10. The van der Waals surface area contributed by atoms with Gasteiger partial charge >= 0.3 is 6.03 Å². The largest absolute Gasteiger partial charge is 0.493 e. The summed E-state index contributed by atoms with van der Waals surface area (Å²) in [6, 6.07) is 22.0. The van der Waals surface area contributed by atoms with Crippen molar-refractivity contribution in [2.45, 2.75) is 13.8 Å². The molecule has 1 heterocycles. The van der Waals surface area contributed by atoms with E-state index < -0.39 is 0 Å². The van der Waals surface area contributed by atoms with Crippen molar-refractivity contribution in [1.82, 2.24) is 9.97 Å². The second kappa shape index (κ2) is 11.1. The minimum Gasteiger partial charge on any atom is -0.493 e. The number of hydrogen-bond acceptors (Lipinski definition) is 7. The van der Waals surface area contributed by atoms with Gasteiger partial charge < -0.3 is 30.7 Å². The highest BCUT2D eigenvalue weighted by Crippen LogP contribution is 2.30. The quantitative estimate of drug-likeness (QED) is 0.234. The Balaban J connectivity index is 1.37. The second-order valence-corrected chi connectivity index (χ2v) is 8.03. The zero-order valence-corrected chi connectivity index (χ0v) is 20.5. The number of benzene rings is 3. The van der Waals surface area contributed by atoms with Gasteiger partial charge in [-0.15, -0.1) is 0 Å². The monoisotopic (exact) mass is 484 g/mol. The van der Waals surface area contributed by atoms with Gasteiger partial charge in [0.1, 0.15) is 17.5 Å². The van der Waals surface area contributed by atoms with Crippen LogP contribution >= 0.6 is 0 Å². The van der Waals surface area contributed by atoms with Crippen molar-refractivity contribution in [3.63, 3.8) is 0 Å². The molecule has 0 radical (unpaired) electrons. The smallest absolute Gasteiger partial charge is 0.323 e. The van der Waals surface area contributed by atoms with Crippen LogP contribution in [0.4, 0.5) is 39.2 Å². The van der Waals surface area contributed by atoms with Crippen LogP contribution in [0.25, 0.3) is 0 Å². The van der Waals surface area contributed by atoms with Gasteiger partial charge in [0.25, 0.3) is 0 Å². The van der Waals surface area contributed by atoms with Crippen molar-refractivity contribution in [2.75, 3.05) is 35.5 Å². The summed E-state index contributed by atoms with van der Waals surface area (Å²) in [5.74, 6) is 3.11. The van der Waals surface area contributed by atoms with Gasteiger partial charge in [-0.3, -0.25) is 0 Å². The first-order chi connectivity index (χ1) is 17.4. The van der Waals surface area contributed by atoms with Crippen molar-refractivity contribution in [2.24, 2.45) is 0 Å². The maximum atomic E-state index is 12.4. The van der Waals surface area contributed by atoms with Gasteiger partial charge in [-0.05, 0) is 62.4 Å². The van der Waals surface area contributed by atoms with E-state index >= 15 is 0 Å². The molecule has 0 spiro atoms. The van der Waals surface area contributed by atoms with Crippen molar-refractivity contribution < 1.29 is 14.3 Å². The van der Waals surface area contributed by atoms with Crippen LogP contribution in [-0.4, -0.2) is 30.2 Å². The molecule has 0 aliphatic heterocycles. The molecule has 184 valence electrons. The lowest BCUT2D eigenvalue weighted by Gasteiger charge is -2.12. The molecule has 9 nitrogen and oxygen atoms in total. The number of amides is 2. The number of hydrogen-bond donors (Lipinski definition) is 4. The average molecular weight is 485 g/mol. The molecule has 9 heteroatoms. The summed E-state index contributed by atoms with van der Waals surface area (Å²) < 4.78 is 10.5. The van der Waals surface area contributed by atoms with E-state index in [1.807, 2.05) is 56.3 Å². The third kappa shape index (κ3) is 6.41. The molecule has 0 unspecified atom stereocenters. The van der Waals surface area contributed by atoms with Crippen LogP contribution in [0, 0.1) is 13.8 Å². The molecule has 36 heavy (non-hydrogen) atoms. The van der Waals surface area contributed by atoms with Crippen LogP contribution in [0.15, 0.2) is 72.8 Å². The first-order valence-corrected chi connectivity index (χ1v) is 11.3. The summed E-state index contributed by atoms with van der Waals surface area (Å²) in [6.45, 7) is 3.89. The Morgan fingerprint density at radius 3 is 1.72 bits per heavy atom.